The fourth-order valence-corrected chi connectivity index (χ4v) is 8.70. The van der Waals surface area contributed by atoms with Gasteiger partial charge < -0.3 is 4.90 Å². The highest BCUT2D eigenvalue weighted by Crippen LogP contribution is 2.56. The van der Waals surface area contributed by atoms with Gasteiger partial charge in [0, 0.05) is 54.1 Å². The first-order valence-electron chi connectivity index (χ1n) is 14.6. The lowest BCUT2D eigenvalue weighted by atomic mass is 9.78. The molecule has 1 aliphatic heterocycles. The maximum Gasteiger partial charge on any atom is 0.269 e. The van der Waals surface area contributed by atoms with Crippen LogP contribution < -0.4 is 4.90 Å². The summed E-state index contributed by atoms with van der Waals surface area (Å²) >= 11 is 0. The SMILES string of the molecule is CN1C(=O)C2(CCCC2)c2c1cnc1c2c(-c2ccc(-c3cn[nH]c3)cc2)c(-c2cnn(C)c2)n1S(=O)(=O)c1ccccc1. The summed E-state index contributed by atoms with van der Waals surface area (Å²) in [7, 11) is -0.543. The monoisotopic (exact) mass is 603 g/mol. The van der Waals surface area contributed by atoms with Crippen molar-refractivity contribution in [2.45, 2.75) is 36.0 Å². The van der Waals surface area contributed by atoms with E-state index in [4.69, 9.17) is 4.98 Å². The van der Waals surface area contributed by atoms with Crippen molar-refractivity contribution >= 4 is 32.7 Å². The molecule has 10 nitrogen and oxygen atoms in total. The van der Waals surface area contributed by atoms with E-state index in [0.29, 0.717) is 40.7 Å². The van der Waals surface area contributed by atoms with E-state index in [9.17, 15) is 13.2 Å². The normalized spacial score (nSPS) is 16.0. The minimum absolute atomic E-state index is 0.0437. The number of anilines is 1. The van der Waals surface area contributed by atoms with Gasteiger partial charge in [-0.05, 0) is 36.1 Å². The molecule has 11 heteroatoms. The minimum Gasteiger partial charge on any atom is -0.313 e. The summed E-state index contributed by atoms with van der Waals surface area (Å²) in [5.74, 6) is 0.0437. The summed E-state index contributed by atoms with van der Waals surface area (Å²) in [5.41, 5.74) is 5.70. The molecule has 5 heterocycles. The number of benzene rings is 2. The van der Waals surface area contributed by atoms with Gasteiger partial charge in [0.1, 0.15) is 0 Å². The molecule has 1 amide bonds. The molecule has 0 saturated heterocycles. The Morgan fingerprint density at radius 1 is 0.864 bits per heavy atom. The molecular formula is C33H29N7O3S. The van der Waals surface area contributed by atoms with Crippen LogP contribution in [0.3, 0.4) is 0 Å². The second-order valence-electron chi connectivity index (χ2n) is 11.6. The van der Waals surface area contributed by atoms with E-state index in [0.717, 1.165) is 40.8 Å². The third-order valence-corrected chi connectivity index (χ3v) is 10.9. The van der Waals surface area contributed by atoms with Crippen molar-refractivity contribution in [3.63, 3.8) is 0 Å². The average Bonchev–Trinajstić information content (AvgIpc) is 3.88. The quantitative estimate of drug-likeness (QED) is 0.277. The van der Waals surface area contributed by atoms with E-state index in [1.807, 2.05) is 36.7 Å². The number of nitrogens with one attached hydrogen (secondary N) is 1. The Kier molecular flexibility index (Phi) is 5.73. The maximum absolute atomic E-state index is 14.7. The molecule has 44 heavy (non-hydrogen) atoms. The molecule has 1 fully saturated rings. The van der Waals surface area contributed by atoms with Gasteiger partial charge in [-0.25, -0.2) is 17.4 Å². The summed E-state index contributed by atoms with van der Waals surface area (Å²) < 4.78 is 32.3. The Morgan fingerprint density at radius 3 is 2.25 bits per heavy atom. The van der Waals surface area contributed by atoms with Crippen LogP contribution >= 0.6 is 0 Å². The molecule has 1 spiro atoms. The molecule has 1 saturated carbocycles. The highest BCUT2D eigenvalue weighted by atomic mass is 32.2. The van der Waals surface area contributed by atoms with Gasteiger partial charge in [0.05, 0.1) is 40.3 Å². The van der Waals surface area contributed by atoms with Crippen molar-refractivity contribution in [3.8, 4) is 33.5 Å². The van der Waals surface area contributed by atoms with Crippen LogP contribution in [0.25, 0.3) is 44.5 Å². The number of nitrogens with zero attached hydrogens (tertiary/aromatic N) is 6. The van der Waals surface area contributed by atoms with Gasteiger partial charge >= 0.3 is 0 Å². The Hall–Kier alpha value is -5.03. The number of amides is 1. The predicted molar refractivity (Wildman–Crippen MR) is 168 cm³/mol. The number of hydrogen-bond acceptors (Lipinski definition) is 6. The van der Waals surface area contributed by atoms with Crippen molar-refractivity contribution in [1.82, 2.24) is 28.9 Å². The lowest BCUT2D eigenvalue weighted by Gasteiger charge is -2.22. The Balaban J connectivity index is 1.54. The molecule has 0 unspecified atom stereocenters. The van der Waals surface area contributed by atoms with Crippen LogP contribution in [-0.4, -0.2) is 50.3 Å². The zero-order chi connectivity index (χ0) is 30.2. The number of aromatic amines is 1. The minimum atomic E-state index is -4.14. The molecular weight excluding hydrogens is 574 g/mol. The van der Waals surface area contributed by atoms with Crippen molar-refractivity contribution in [1.29, 1.82) is 0 Å². The summed E-state index contributed by atoms with van der Waals surface area (Å²) in [5, 5.41) is 12.1. The zero-order valence-electron chi connectivity index (χ0n) is 24.2. The number of carbonyl (C=O) groups excluding carboxylic acids is 1. The lowest BCUT2D eigenvalue weighted by molar-refractivity contribution is -0.122. The van der Waals surface area contributed by atoms with Crippen LogP contribution in [-0.2, 0) is 27.3 Å². The number of pyridine rings is 1. The van der Waals surface area contributed by atoms with E-state index in [1.165, 1.54) is 3.97 Å². The number of likely N-dealkylation sites (N-methyl/N-ethyl adjacent to an activating group) is 1. The number of aromatic nitrogens is 6. The molecule has 8 rings (SSSR count). The molecule has 2 aromatic carbocycles. The largest absolute Gasteiger partial charge is 0.313 e. The van der Waals surface area contributed by atoms with Crippen LogP contribution in [0, 0.1) is 0 Å². The molecule has 6 aromatic rings. The number of carbonyl (C=O) groups is 1. The highest BCUT2D eigenvalue weighted by molar-refractivity contribution is 7.90. The first-order valence-corrected chi connectivity index (χ1v) is 16.0. The number of fused-ring (bicyclic) bond motifs is 4. The number of aryl methyl sites for hydroxylation is 1. The van der Waals surface area contributed by atoms with Gasteiger partial charge in [0.25, 0.3) is 10.0 Å². The number of hydrogen-bond donors (Lipinski definition) is 1. The Bertz CT molecular complexity index is 2180. The molecule has 4 aromatic heterocycles. The topological polar surface area (TPSA) is 119 Å². The number of rotatable bonds is 5. The fourth-order valence-electron chi connectivity index (χ4n) is 7.18. The van der Waals surface area contributed by atoms with E-state index >= 15 is 0 Å². The van der Waals surface area contributed by atoms with Gasteiger partial charge in [0.2, 0.25) is 5.91 Å². The first kappa shape index (κ1) is 26.6. The van der Waals surface area contributed by atoms with Gasteiger partial charge in [-0.1, -0.05) is 55.3 Å². The molecule has 1 aliphatic carbocycles. The van der Waals surface area contributed by atoms with Gasteiger partial charge in [-0.3, -0.25) is 14.6 Å². The van der Waals surface area contributed by atoms with Crippen LogP contribution in [0.15, 0.2) is 90.5 Å². The van der Waals surface area contributed by atoms with Crippen LogP contribution in [0.2, 0.25) is 0 Å². The summed E-state index contributed by atoms with van der Waals surface area (Å²) in [6.07, 6.45) is 12.0. The summed E-state index contributed by atoms with van der Waals surface area (Å²) in [4.78, 5) is 20.7. The van der Waals surface area contributed by atoms with Crippen molar-refractivity contribution in [3.05, 3.63) is 91.1 Å². The molecule has 0 bridgehead atoms. The average molecular weight is 604 g/mol. The Morgan fingerprint density at radius 2 is 1.59 bits per heavy atom. The zero-order valence-corrected chi connectivity index (χ0v) is 25.0. The molecule has 0 atom stereocenters. The van der Waals surface area contributed by atoms with Crippen LogP contribution in [0.4, 0.5) is 5.69 Å². The molecule has 2 aliphatic rings. The second-order valence-corrected chi connectivity index (χ2v) is 13.4. The van der Waals surface area contributed by atoms with Gasteiger partial charge in [0.15, 0.2) is 5.65 Å². The fraction of sp³-hybridized carbons (Fsp3) is 0.212. The smallest absolute Gasteiger partial charge is 0.269 e. The maximum atomic E-state index is 14.7. The van der Waals surface area contributed by atoms with E-state index in [-0.39, 0.29) is 10.8 Å². The third kappa shape index (κ3) is 3.62. The standard InChI is InChI=1S/C33H29N7O3S/c1-38-20-24(18-37-38)30-27(22-12-10-21(11-13-22)23-16-35-36-17-23)28-29-26(39(2)32(41)33(29)14-6-7-15-33)19-34-31(28)40(30)44(42,43)25-8-4-3-5-9-25/h3-5,8-13,16-20H,6-7,14-15H2,1-2H3,(H,35,36). The van der Waals surface area contributed by atoms with Gasteiger partial charge in [-0.15, -0.1) is 0 Å². The van der Waals surface area contributed by atoms with Crippen molar-refractivity contribution in [2.24, 2.45) is 7.05 Å². The Labute approximate surface area is 254 Å². The van der Waals surface area contributed by atoms with E-state index < -0.39 is 15.4 Å². The van der Waals surface area contributed by atoms with Crippen molar-refractivity contribution < 1.29 is 13.2 Å². The summed E-state index contributed by atoms with van der Waals surface area (Å²) in [6, 6.07) is 16.4. The van der Waals surface area contributed by atoms with E-state index in [2.05, 4.69) is 15.3 Å². The van der Waals surface area contributed by atoms with Crippen molar-refractivity contribution in [2.75, 3.05) is 11.9 Å². The summed E-state index contributed by atoms with van der Waals surface area (Å²) in [6.45, 7) is 0. The molecule has 220 valence electrons. The van der Waals surface area contributed by atoms with E-state index in [1.54, 1.807) is 72.6 Å². The molecule has 0 radical (unpaired) electrons. The van der Waals surface area contributed by atoms with Gasteiger partial charge in [-0.2, -0.15) is 10.2 Å². The number of H-pyrrole nitrogens is 1. The van der Waals surface area contributed by atoms with Crippen LogP contribution in [0.5, 0.6) is 0 Å². The van der Waals surface area contributed by atoms with Crippen LogP contribution in [0.1, 0.15) is 31.2 Å². The lowest BCUT2D eigenvalue weighted by Crippen LogP contribution is -2.36. The molecule has 1 N–H and O–H groups in total. The third-order valence-electron chi connectivity index (χ3n) is 9.20. The highest BCUT2D eigenvalue weighted by Gasteiger charge is 2.53. The predicted octanol–water partition coefficient (Wildman–Crippen LogP) is 5.52. The second kappa shape index (κ2) is 9.48. The first-order chi connectivity index (χ1) is 21.3.